The van der Waals surface area contributed by atoms with E-state index >= 15 is 0 Å². The van der Waals surface area contributed by atoms with Gasteiger partial charge in [-0.1, -0.05) is 12.8 Å². The summed E-state index contributed by atoms with van der Waals surface area (Å²) in [5, 5.41) is 2.44. The minimum atomic E-state index is -4.16. The minimum absolute atomic E-state index is 0.247. The zero-order valence-corrected chi connectivity index (χ0v) is 10.1. The molecule has 2 atom stereocenters. The molecular formula is C12H20F3NO. The van der Waals surface area contributed by atoms with Gasteiger partial charge in [0.15, 0.2) is 0 Å². The van der Waals surface area contributed by atoms with E-state index < -0.39 is 12.2 Å². The van der Waals surface area contributed by atoms with Crippen LogP contribution in [0.15, 0.2) is 0 Å². The summed E-state index contributed by atoms with van der Waals surface area (Å²) in [4.78, 5) is 0. The summed E-state index contributed by atoms with van der Waals surface area (Å²) < 4.78 is 44.4. The molecule has 100 valence electrons. The monoisotopic (exact) mass is 251 g/mol. The highest BCUT2D eigenvalue weighted by Crippen LogP contribution is 2.44. The van der Waals surface area contributed by atoms with Gasteiger partial charge in [0.05, 0.1) is 5.60 Å². The van der Waals surface area contributed by atoms with E-state index in [1.165, 1.54) is 7.05 Å². The number of ether oxygens (including phenoxy) is 1. The van der Waals surface area contributed by atoms with Crippen molar-refractivity contribution in [3.8, 4) is 0 Å². The average Bonchev–Trinajstić information content (AvgIpc) is 2.65. The average molecular weight is 251 g/mol. The van der Waals surface area contributed by atoms with Crippen molar-refractivity contribution in [1.29, 1.82) is 0 Å². The van der Waals surface area contributed by atoms with Crippen molar-refractivity contribution in [3.05, 3.63) is 0 Å². The summed E-state index contributed by atoms with van der Waals surface area (Å²) in [6, 6.07) is -1.39. The van der Waals surface area contributed by atoms with Gasteiger partial charge in [-0.3, -0.25) is 0 Å². The second kappa shape index (κ2) is 4.76. The van der Waals surface area contributed by atoms with Crippen LogP contribution in [0.1, 0.15) is 38.5 Å². The molecule has 0 aromatic rings. The van der Waals surface area contributed by atoms with E-state index in [4.69, 9.17) is 4.74 Å². The Kier molecular flexibility index (Phi) is 3.69. The van der Waals surface area contributed by atoms with Crippen molar-refractivity contribution in [2.24, 2.45) is 5.92 Å². The van der Waals surface area contributed by atoms with Crippen LogP contribution in [0.5, 0.6) is 0 Å². The molecular weight excluding hydrogens is 231 g/mol. The maximum atomic E-state index is 12.9. The smallest absolute Gasteiger partial charge is 0.375 e. The Bertz CT molecular complexity index is 261. The van der Waals surface area contributed by atoms with Crippen molar-refractivity contribution in [1.82, 2.24) is 5.32 Å². The van der Waals surface area contributed by atoms with E-state index in [0.717, 1.165) is 25.7 Å². The topological polar surface area (TPSA) is 21.3 Å². The predicted octanol–water partition coefficient (Wildman–Crippen LogP) is 2.88. The largest absolute Gasteiger partial charge is 0.404 e. The van der Waals surface area contributed by atoms with Crippen molar-refractivity contribution < 1.29 is 17.9 Å². The summed E-state index contributed by atoms with van der Waals surface area (Å²) in [6.07, 6.45) is 0.933. The van der Waals surface area contributed by atoms with Gasteiger partial charge in [-0.15, -0.1) is 0 Å². The van der Waals surface area contributed by atoms with Crippen LogP contribution in [0.25, 0.3) is 0 Å². The Hall–Kier alpha value is -0.290. The van der Waals surface area contributed by atoms with Crippen LogP contribution < -0.4 is 5.32 Å². The summed E-state index contributed by atoms with van der Waals surface area (Å²) in [5.74, 6) is -0.341. The molecule has 0 aromatic heterocycles. The van der Waals surface area contributed by atoms with Crippen molar-refractivity contribution >= 4 is 0 Å². The SMILES string of the molecule is CNC(C1CCOC2(CCCC2)C1)C(F)(F)F. The lowest BCUT2D eigenvalue weighted by Crippen LogP contribution is -2.51. The number of nitrogens with one attached hydrogen (secondary N) is 1. The summed E-state index contributed by atoms with van der Waals surface area (Å²) in [7, 11) is 1.40. The van der Waals surface area contributed by atoms with Crippen LogP contribution in [0, 0.1) is 5.92 Å². The lowest BCUT2D eigenvalue weighted by atomic mass is 9.80. The summed E-state index contributed by atoms with van der Waals surface area (Å²) in [6.45, 7) is 0.471. The third kappa shape index (κ3) is 2.76. The van der Waals surface area contributed by atoms with Gasteiger partial charge in [0.1, 0.15) is 6.04 Å². The van der Waals surface area contributed by atoms with Crippen molar-refractivity contribution in [2.75, 3.05) is 13.7 Å². The number of halogens is 3. The van der Waals surface area contributed by atoms with Gasteiger partial charge in [0.25, 0.3) is 0 Å². The highest BCUT2D eigenvalue weighted by molar-refractivity contribution is 4.95. The Morgan fingerprint density at radius 2 is 1.94 bits per heavy atom. The first kappa shape index (κ1) is 13.1. The molecule has 1 saturated carbocycles. The third-order valence-corrected chi connectivity index (χ3v) is 4.18. The van der Waals surface area contributed by atoms with Gasteiger partial charge in [0, 0.05) is 6.61 Å². The van der Waals surface area contributed by atoms with Crippen molar-refractivity contribution in [3.63, 3.8) is 0 Å². The molecule has 2 fully saturated rings. The molecule has 1 spiro atoms. The van der Waals surface area contributed by atoms with Gasteiger partial charge < -0.3 is 10.1 Å². The van der Waals surface area contributed by atoms with Crippen molar-refractivity contribution in [2.45, 2.75) is 56.3 Å². The van der Waals surface area contributed by atoms with Gasteiger partial charge >= 0.3 is 6.18 Å². The molecule has 0 amide bonds. The second-order valence-corrected chi connectivity index (χ2v) is 5.30. The van der Waals surface area contributed by atoms with Gasteiger partial charge in [0.2, 0.25) is 0 Å². The molecule has 17 heavy (non-hydrogen) atoms. The number of alkyl halides is 3. The molecule has 5 heteroatoms. The van der Waals surface area contributed by atoms with E-state index in [9.17, 15) is 13.2 Å². The Labute approximate surface area is 99.9 Å². The molecule has 1 saturated heterocycles. The molecule has 2 unspecified atom stereocenters. The molecule has 1 aliphatic carbocycles. The van der Waals surface area contributed by atoms with Gasteiger partial charge in [-0.25, -0.2) is 0 Å². The van der Waals surface area contributed by atoms with E-state index in [0.29, 0.717) is 19.4 Å². The molecule has 0 bridgehead atoms. The van der Waals surface area contributed by atoms with Gasteiger partial charge in [-0.2, -0.15) is 13.2 Å². The Balaban J connectivity index is 2.05. The Morgan fingerprint density at radius 1 is 1.29 bits per heavy atom. The lowest BCUT2D eigenvalue weighted by molar-refractivity contribution is -0.185. The van der Waals surface area contributed by atoms with Crippen LogP contribution in [-0.4, -0.2) is 31.5 Å². The van der Waals surface area contributed by atoms with Crippen LogP contribution >= 0.6 is 0 Å². The highest BCUT2D eigenvalue weighted by Gasteiger charge is 2.49. The zero-order valence-electron chi connectivity index (χ0n) is 10.1. The molecule has 1 N–H and O–H groups in total. The third-order valence-electron chi connectivity index (χ3n) is 4.18. The summed E-state index contributed by atoms with van der Waals surface area (Å²) >= 11 is 0. The fraction of sp³-hybridized carbons (Fsp3) is 1.00. The molecule has 0 aromatic carbocycles. The highest BCUT2D eigenvalue weighted by atomic mass is 19.4. The van der Waals surface area contributed by atoms with Crippen LogP contribution in [0.2, 0.25) is 0 Å². The fourth-order valence-electron chi connectivity index (χ4n) is 3.38. The predicted molar refractivity (Wildman–Crippen MR) is 58.8 cm³/mol. The van der Waals surface area contributed by atoms with E-state index in [1.54, 1.807) is 0 Å². The van der Waals surface area contributed by atoms with Crippen LogP contribution in [0.3, 0.4) is 0 Å². The normalized spacial score (nSPS) is 30.7. The van der Waals surface area contributed by atoms with E-state index in [2.05, 4.69) is 5.32 Å². The molecule has 2 aliphatic rings. The number of hydrogen-bond acceptors (Lipinski definition) is 2. The second-order valence-electron chi connectivity index (χ2n) is 5.30. The first-order valence-electron chi connectivity index (χ1n) is 6.35. The minimum Gasteiger partial charge on any atom is -0.375 e. The molecule has 2 nitrogen and oxygen atoms in total. The van der Waals surface area contributed by atoms with E-state index in [1.807, 2.05) is 0 Å². The number of hydrogen-bond donors (Lipinski definition) is 1. The van der Waals surface area contributed by atoms with Gasteiger partial charge in [-0.05, 0) is 38.6 Å². The van der Waals surface area contributed by atoms with Crippen LogP contribution in [-0.2, 0) is 4.74 Å². The quantitative estimate of drug-likeness (QED) is 0.814. The molecule has 2 rings (SSSR count). The molecule has 0 radical (unpaired) electrons. The first-order chi connectivity index (χ1) is 7.97. The van der Waals surface area contributed by atoms with Crippen LogP contribution in [0.4, 0.5) is 13.2 Å². The standard InChI is InChI=1S/C12H20F3NO/c1-16-10(12(13,14)15)9-4-7-17-11(8-9)5-2-3-6-11/h9-10,16H,2-8H2,1H3. The maximum Gasteiger partial charge on any atom is 0.404 e. The summed E-state index contributed by atoms with van der Waals surface area (Å²) in [5.41, 5.74) is -0.247. The zero-order chi connectivity index (χ0) is 12.5. The lowest BCUT2D eigenvalue weighted by Gasteiger charge is -2.41. The molecule has 1 heterocycles. The maximum absolute atomic E-state index is 12.9. The number of rotatable bonds is 2. The fourth-order valence-corrected chi connectivity index (χ4v) is 3.38. The Morgan fingerprint density at radius 3 is 2.47 bits per heavy atom. The van der Waals surface area contributed by atoms with E-state index in [-0.39, 0.29) is 11.5 Å². The first-order valence-corrected chi connectivity index (χ1v) is 6.35. The molecule has 1 aliphatic heterocycles.